The summed E-state index contributed by atoms with van der Waals surface area (Å²) in [5.41, 5.74) is 8.63. The molecule has 0 aliphatic heterocycles. The summed E-state index contributed by atoms with van der Waals surface area (Å²) in [7, 11) is 0. The van der Waals surface area contributed by atoms with Crippen molar-refractivity contribution < 1.29 is 5.11 Å². The number of aliphatic hydroxyl groups excluding tert-OH is 1. The van der Waals surface area contributed by atoms with Crippen LogP contribution >= 0.6 is 0 Å². The topological polar surface area (TPSA) is 20.2 Å². The Morgan fingerprint density at radius 2 is 1.61 bits per heavy atom. The first-order valence-corrected chi connectivity index (χ1v) is 11.2. The molecule has 3 aromatic rings. The van der Waals surface area contributed by atoms with Crippen LogP contribution in [0.5, 0.6) is 0 Å². The van der Waals surface area contributed by atoms with Crippen molar-refractivity contribution in [3.8, 4) is 0 Å². The van der Waals surface area contributed by atoms with E-state index in [9.17, 15) is 5.11 Å². The molecule has 0 aromatic heterocycles. The zero-order valence-corrected chi connectivity index (χ0v) is 18.8. The van der Waals surface area contributed by atoms with Crippen molar-refractivity contribution in [3.05, 3.63) is 112 Å². The highest BCUT2D eigenvalue weighted by molar-refractivity contribution is 5.72. The van der Waals surface area contributed by atoms with Crippen LogP contribution in [0.3, 0.4) is 0 Å². The third kappa shape index (κ3) is 5.06. The maximum atomic E-state index is 10.7. The molecule has 0 saturated heterocycles. The van der Waals surface area contributed by atoms with Gasteiger partial charge >= 0.3 is 0 Å². The maximum absolute atomic E-state index is 10.7. The van der Waals surface area contributed by atoms with Crippen LogP contribution in [0.2, 0.25) is 0 Å². The van der Waals surface area contributed by atoms with E-state index in [1.54, 1.807) is 0 Å². The average molecular weight is 409 g/mol. The van der Waals surface area contributed by atoms with Crippen LogP contribution in [-0.2, 0) is 6.42 Å². The molecule has 3 aromatic carbocycles. The van der Waals surface area contributed by atoms with Crippen LogP contribution in [0, 0.1) is 19.3 Å². The van der Waals surface area contributed by atoms with E-state index < -0.39 is 6.10 Å². The summed E-state index contributed by atoms with van der Waals surface area (Å²) in [5.74, 6) is 0. The summed E-state index contributed by atoms with van der Waals surface area (Å²) in [6, 6.07) is 23.5. The highest BCUT2D eigenvalue weighted by Crippen LogP contribution is 2.37. The molecule has 1 N–H and O–H groups in total. The van der Waals surface area contributed by atoms with Crippen LogP contribution < -0.4 is 0 Å². The number of aliphatic hydroxyl groups is 1. The Morgan fingerprint density at radius 1 is 0.903 bits per heavy atom. The van der Waals surface area contributed by atoms with Crippen molar-refractivity contribution >= 4 is 18.2 Å². The molecule has 0 bridgehead atoms. The minimum absolute atomic E-state index is 0.0147. The zero-order valence-electron chi connectivity index (χ0n) is 18.8. The SMILES string of the molecule is Cc1ccccc1/C=C\c1cc(CC2(C)/C=C/c3ccccc3C(O)CC2)ccc1C. The van der Waals surface area contributed by atoms with E-state index in [2.05, 4.69) is 93.6 Å². The van der Waals surface area contributed by atoms with Gasteiger partial charge in [0.2, 0.25) is 0 Å². The lowest BCUT2D eigenvalue weighted by molar-refractivity contribution is 0.148. The van der Waals surface area contributed by atoms with Crippen LogP contribution in [0.1, 0.15) is 64.8 Å². The van der Waals surface area contributed by atoms with Gasteiger partial charge in [-0.3, -0.25) is 0 Å². The largest absolute Gasteiger partial charge is 0.388 e. The number of benzene rings is 3. The summed E-state index contributed by atoms with van der Waals surface area (Å²) in [4.78, 5) is 0. The summed E-state index contributed by atoms with van der Waals surface area (Å²) in [6.45, 7) is 6.64. The van der Waals surface area contributed by atoms with Gasteiger partial charge in [-0.2, -0.15) is 0 Å². The second-order valence-electron chi connectivity index (χ2n) is 9.23. The minimum atomic E-state index is -0.397. The second-order valence-corrected chi connectivity index (χ2v) is 9.23. The third-order valence-corrected chi connectivity index (χ3v) is 6.59. The molecule has 1 aliphatic carbocycles. The minimum Gasteiger partial charge on any atom is -0.388 e. The molecule has 0 spiro atoms. The van der Waals surface area contributed by atoms with Gasteiger partial charge in [0.25, 0.3) is 0 Å². The molecular formula is C30H32O. The lowest BCUT2D eigenvalue weighted by Gasteiger charge is -2.30. The van der Waals surface area contributed by atoms with Gasteiger partial charge in [-0.15, -0.1) is 0 Å². The van der Waals surface area contributed by atoms with Crippen molar-refractivity contribution in [2.24, 2.45) is 5.41 Å². The Hall–Kier alpha value is -2.90. The average Bonchev–Trinajstić information content (AvgIpc) is 2.77. The third-order valence-electron chi connectivity index (χ3n) is 6.59. The molecule has 0 fully saturated rings. The summed E-state index contributed by atoms with van der Waals surface area (Å²) >= 11 is 0. The second kappa shape index (κ2) is 9.08. The van der Waals surface area contributed by atoms with Gasteiger partial charge in [-0.1, -0.05) is 98.0 Å². The first-order valence-electron chi connectivity index (χ1n) is 11.2. The number of hydrogen-bond donors (Lipinski definition) is 1. The molecule has 0 amide bonds. The van der Waals surface area contributed by atoms with Gasteiger partial charge in [0.05, 0.1) is 6.10 Å². The van der Waals surface area contributed by atoms with E-state index in [-0.39, 0.29) is 5.41 Å². The van der Waals surface area contributed by atoms with Crippen LogP contribution in [0.25, 0.3) is 18.2 Å². The van der Waals surface area contributed by atoms with E-state index in [0.29, 0.717) is 0 Å². The lowest BCUT2D eigenvalue weighted by atomic mass is 9.76. The van der Waals surface area contributed by atoms with Crippen molar-refractivity contribution in [3.63, 3.8) is 0 Å². The smallest absolute Gasteiger partial charge is 0.0796 e. The highest BCUT2D eigenvalue weighted by Gasteiger charge is 2.26. The Bertz CT molecular complexity index is 1120. The summed E-state index contributed by atoms with van der Waals surface area (Å²) < 4.78 is 0. The molecule has 1 heteroatoms. The Labute approximate surface area is 186 Å². The molecule has 0 heterocycles. The fourth-order valence-corrected chi connectivity index (χ4v) is 4.51. The summed E-state index contributed by atoms with van der Waals surface area (Å²) in [5, 5.41) is 10.7. The van der Waals surface area contributed by atoms with E-state index in [4.69, 9.17) is 0 Å². The van der Waals surface area contributed by atoms with Crippen LogP contribution in [0.15, 0.2) is 72.8 Å². The molecule has 4 rings (SSSR count). The van der Waals surface area contributed by atoms with Gasteiger partial charge in [-0.25, -0.2) is 0 Å². The number of fused-ring (bicyclic) bond motifs is 1. The van der Waals surface area contributed by atoms with Crippen molar-refractivity contribution in [2.75, 3.05) is 0 Å². The fraction of sp³-hybridized carbons (Fsp3) is 0.267. The predicted molar refractivity (Wildman–Crippen MR) is 133 cm³/mol. The maximum Gasteiger partial charge on any atom is 0.0796 e. The standard InChI is InChI=1S/C30H32O/c1-22-8-4-5-9-25(22)14-15-27-20-24(13-12-23(27)2)21-30(3)18-16-26-10-6-7-11-28(26)29(31)17-19-30/h4-16,18,20,29,31H,17,19,21H2,1-3H3/b15-14-,18-16+. The fourth-order valence-electron chi connectivity index (χ4n) is 4.51. The van der Waals surface area contributed by atoms with Crippen molar-refractivity contribution in [1.82, 2.24) is 0 Å². The van der Waals surface area contributed by atoms with Gasteiger partial charge in [0, 0.05) is 0 Å². The Kier molecular flexibility index (Phi) is 6.25. The Morgan fingerprint density at radius 3 is 2.45 bits per heavy atom. The molecule has 158 valence electrons. The normalized spacial score (nSPS) is 22.0. The van der Waals surface area contributed by atoms with E-state index in [1.165, 1.54) is 27.8 Å². The van der Waals surface area contributed by atoms with Gasteiger partial charge in [0.1, 0.15) is 0 Å². The summed E-state index contributed by atoms with van der Waals surface area (Å²) in [6.07, 6.45) is 11.3. The molecule has 1 nitrogen and oxygen atoms in total. The number of hydrogen-bond acceptors (Lipinski definition) is 1. The van der Waals surface area contributed by atoms with Crippen molar-refractivity contribution in [2.45, 2.75) is 46.1 Å². The first kappa shape index (κ1) is 21.3. The lowest BCUT2D eigenvalue weighted by Crippen LogP contribution is -2.20. The Balaban J connectivity index is 1.59. The quantitative estimate of drug-likeness (QED) is 0.442. The van der Waals surface area contributed by atoms with Gasteiger partial charge in [0.15, 0.2) is 0 Å². The molecule has 2 atom stereocenters. The van der Waals surface area contributed by atoms with Crippen LogP contribution in [-0.4, -0.2) is 5.11 Å². The molecule has 2 unspecified atom stereocenters. The monoisotopic (exact) mass is 408 g/mol. The number of allylic oxidation sites excluding steroid dienone is 1. The number of aryl methyl sites for hydroxylation is 2. The van der Waals surface area contributed by atoms with Gasteiger partial charge in [-0.05, 0) is 77.5 Å². The zero-order chi connectivity index (χ0) is 21.8. The van der Waals surface area contributed by atoms with Crippen LogP contribution in [0.4, 0.5) is 0 Å². The van der Waals surface area contributed by atoms with E-state index in [0.717, 1.165) is 30.4 Å². The molecule has 1 aliphatic rings. The van der Waals surface area contributed by atoms with E-state index >= 15 is 0 Å². The molecular weight excluding hydrogens is 376 g/mol. The predicted octanol–water partition coefficient (Wildman–Crippen LogP) is 7.56. The molecule has 0 saturated carbocycles. The van der Waals surface area contributed by atoms with E-state index in [1.807, 2.05) is 18.2 Å². The molecule has 31 heavy (non-hydrogen) atoms. The molecule has 0 radical (unpaired) electrons. The highest BCUT2D eigenvalue weighted by atomic mass is 16.3. The number of rotatable bonds is 4. The van der Waals surface area contributed by atoms with Crippen molar-refractivity contribution in [1.29, 1.82) is 0 Å². The first-order chi connectivity index (χ1) is 14.9. The van der Waals surface area contributed by atoms with Gasteiger partial charge < -0.3 is 5.11 Å².